The standard InChI is InChI=1S/C18H28OSSi/c1-15(2)14-18(20-13-9-10-16(3)19)21(4,5)17-11-7-6-8-12-17/h6-8,11-12,14-15H,9-10,13H2,1-5H3/b18-14+. The van der Waals surface area contributed by atoms with E-state index in [2.05, 4.69) is 63.3 Å². The first kappa shape index (κ1) is 18.2. The molecular formula is C18H28OSSi. The Labute approximate surface area is 135 Å². The Bertz CT molecular complexity index is 477. The normalized spacial score (nSPS) is 12.8. The van der Waals surface area contributed by atoms with Gasteiger partial charge in [0.25, 0.3) is 0 Å². The van der Waals surface area contributed by atoms with E-state index >= 15 is 0 Å². The number of benzene rings is 1. The van der Waals surface area contributed by atoms with E-state index in [9.17, 15) is 4.79 Å². The average Bonchev–Trinajstić information content (AvgIpc) is 2.42. The molecule has 0 atom stereocenters. The third kappa shape index (κ3) is 6.23. The summed E-state index contributed by atoms with van der Waals surface area (Å²) < 4.78 is 1.55. The van der Waals surface area contributed by atoms with E-state index in [-0.39, 0.29) is 0 Å². The molecule has 116 valence electrons. The Morgan fingerprint density at radius 1 is 1.24 bits per heavy atom. The molecule has 0 bridgehead atoms. The molecule has 0 radical (unpaired) electrons. The molecule has 0 aliphatic carbocycles. The van der Waals surface area contributed by atoms with Crippen molar-refractivity contribution >= 4 is 30.8 Å². The highest BCUT2D eigenvalue weighted by Gasteiger charge is 2.28. The number of thioether (sulfide) groups is 1. The lowest BCUT2D eigenvalue weighted by Gasteiger charge is -2.27. The number of hydrogen-bond acceptors (Lipinski definition) is 2. The zero-order valence-corrected chi connectivity index (χ0v) is 15.8. The maximum absolute atomic E-state index is 11.1. The minimum atomic E-state index is -1.61. The third-order valence-corrected chi connectivity index (χ3v) is 9.61. The number of rotatable bonds is 8. The molecule has 0 aliphatic rings. The van der Waals surface area contributed by atoms with E-state index in [0.29, 0.717) is 18.1 Å². The summed E-state index contributed by atoms with van der Waals surface area (Å²) in [4.78, 5) is 11.1. The van der Waals surface area contributed by atoms with Gasteiger partial charge in [-0.2, -0.15) is 0 Å². The highest BCUT2D eigenvalue weighted by molar-refractivity contribution is 8.05. The molecule has 1 aromatic rings. The van der Waals surface area contributed by atoms with Crippen molar-refractivity contribution in [1.82, 2.24) is 0 Å². The maximum atomic E-state index is 11.1. The summed E-state index contributed by atoms with van der Waals surface area (Å²) in [5.41, 5.74) is 0. The van der Waals surface area contributed by atoms with Gasteiger partial charge in [0.1, 0.15) is 13.9 Å². The average molecular weight is 321 g/mol. The van der Waals surface area contributed by atoms with Crippen LogP contribution in [0.4, 0.5) is 0 Å². The van der Waals surface area contributed by atoms with Crippen LogP contribution < -0.4 is 5.19 Å². The predicted molar refractivity (Wildman–Crippen MR) is 98.9 cm³/mol. The largest absolute Gasteiger partial charge is 0.300 e. The highest BCUT2D eigenvalue weighted by Crippen LogP contribution is 2.29. The van der Waals surface area contributed by atoms with Crippen LogP contribution in [0.3, 0.4) is 0 Å². The fourth-order valence-electron chi connectivity index (χ4n) is 2.24. The van der Waals surface area contributed by atoms with Crippen LogP contribution >= 0.6 is 11.8 Å². The van der Waals surface area contributed by atoms with Gasteiger partial charge in [-0.15, -0.1) is 11.8 Å². The molecule has 0 aliphatic heterocycles. The van der Waals surface area contributed by atoms with E-state index in [1.165, 1.54) is 5.19 Å². The first-order valence-electron chi connectivity index (χ1n) is 7.74. The molecule has 0 amide bonds. The van der Waals surface area contributed by atoms with Gasteiger partial charge in [0.05, 0.1) is 0 Å². The molecule has 0 fully saturated rings. The van der Waals surface area contributed by atoms with Crippen LogP contribution in [0, 0.1) is 5.92 Å². The van der Waals surface area contributed by atoms with Gasteiger partial charge in [-0.05, 0) is 29.5 Å². The van der Waals surface area contributed by atoms with Crippen LogP contribution in [0.5, 0.6) is 0 Å². The Kier molecular flexibility index (Phi) is 7.47. The molecule has 0 aromatic heterocycles. The van der Waals surface area contributed by atoms with E-state index in [4.69, 9.17) is 0 Å². The smallest absolute Gasteiger partial charge is 0.129 e. The summed E-state index contributed by atoms with van der Waals surface area (Å²) in [6.07, 6.45) is 4.11. The zero-order valence-electron chi connectivity index (χ0n) is 14.0. The number of hydrogen-bond donors (Lipinski definition) is 0. The summed E-state index contributed by atoms with van der Waals surface area (Å²) in [5.74, 6) is 1.90. The lowest BCUT2D eigenvalue weighted by Crippen LogP contribution is -2.43. The number of Topliss-reactive ketones (excluding diaryl/α,β-unsaturated/α-hetero) is 1. The fraction of sp³-hybridized carbons (Fsp3) is 0.500. The molecule has 1 rings (SSSR count). The van der Waals surface area contributed by atoms with Crippen molar-refractivity contribution in [2.75, 3.05) is 5.75 Å². The van der Waals surface area contributed by atoms with Crippen LogP contribution in [-0.2, 0) is 4.79 Å². The Morgan fingerprint density at radius 2 is 1.86 bits per heavy atom. The lowest BCUT2D eigenvalue weighted by atomic mass is 10.2. The zero-order chi connectivity index (χ0) is 15.9. The van der Waals surface area contributed by atoms with Crippen molar-refractivity contribution in [1.29, 1.82) is 0 Å². The predicted octanol–water partition coefficient (Wildman–Crippen LogP) is 4.78. The molecule has 0 heterocycles. The molecule has 0 saturated heterocycles. The quantitative estimate of drug-likeness (QED) is 0.506. The summed E-state index contributed by atoms with van der Waals surface area (Å²) in [6.45, 7) is 11.0. The van der Waals surface area contributed by atoms with E-state index in [1.54, 1.807) is 11.5 Å². The van der Waals surface area contributed by atoms with Gasteiger partial charge < -0.3 is 4.79 Å². The van der Waals surface area contributed by atoms with E-state index < -0.39 is 8.07 Å². The third-order valence-electron chi connectivity index (χ3n) is 3.53. The monoisotopic (exact) mass is 320 g/mol. The molecule has 0 N–H and O–H groups in total. The number of carbonyl (C=O) groups excluding carboxylic acids is 1. The molecule has 3 heteroatoms. The second kappa shape index (κ2) is 8.59. The number of carbonyl (C=O) groups is 1. The van der Waals surface area contributed by atoms with Gasteiger partial charge in [-0.25, -0.2) is 0 Å². The van der Waals surface area contributed by atoms with Crippen LogP contribution in [-0.4, -0.2) is 19.6 Å². The van der Waals surface area contributed by atoms with Gasteiger partial charge in [-0.1, -0.05) is 68.5 Å². The van der Waals surface area contributed by atoms with Crippen LogP contribution in [0.1, 0.15) is 33.6 Å². The fourth-order valence-corrected chi connectivity index (χ4v) is 7.28. The van der Waals surface area contributed by atoms with Crippen LogP contribution in [0.15, 0.2) is 40.9 Å². The summed E-state index contributed by atoms with van der Waals surface area (Å²) in [6, 6.07) is 10.9. The lowest BCUT2D eigenvalue weighted by molar-refractivity contribution is -0.117. The summed E-state index contributed by atoms with van der Waals surface area (Å²) in [5, 5.41) is 1.48. The minimum absolute atomic E-state index is 0.296. The minimum Gasteiger partial charge on any atom is -0.300 e. The number of allylic oxidation sites excluding steroid dienone is 1. The van der Waals surface area contributed by atoms with Gasteiger partial charge in [0.2, 0.25) is 0 Å². The van der Waals surface area contributed by atoms with Crippen molar-refractivity contribution in [3.05, 3.63) is 40.9 Å². The molecule has 21 heavy (non-hydrogen) atoms. The van der Waals surface area contributed by atoms with Gasteiger partial charge >= 0.3 is 0 Å². The summed E-state index contributed by atoms with van der Waals surface area (Å²) in [7, 11) is -1.61. The van der Waals surface area contributed by atoms with E-state index in [0.717, 1.165) is 12.2 Å². The second-order valence-electron chi connectivity index (χ2n) is 6.42. The van der Waals surface area contributed by atoms with Gasteiger partial charge in [0.15, 0.2) is 0 Å². The van der Waals surface area contributed by atoms with Crippen molar-refractivity contribution in [3.8, 4) is 0 Å². The second-order valence-corrected chi connectivity index (χ2v) is 12.3. The molecule has 1 aromatic carbocycles. The van der Waals surface area contributed by atoms with Crippen LogP contribution in [0.25, 0.3) is 0 Å². The van der Waals surface area contributed by atoms with Crippen molar-refractivity contribution < 1.29 is 4.79 Å². The molecular weight excluding hydrogens is 292 g/mol. The molecule has 0 spiro atoms. The molecule has 0 unspecified atom stereocenters. The van der Waals surface area contributed by atoms with Gasteiger partial charge in [0, 0.05) is 6.42 Å². The molecule has 0 saturated carbocycles. The first-order chi connectivity index (χ1) is 9.84. The SMILES string of the molecule is CC(=O)CCCS/C(=C\C(C)C)[Si](C)(C)c1ccccc1. The van der Waals surface area contributed by atoms with Gasteiger partial charge in [-0.3, -0.25) is 0 Å². The number of ketones is 1. The first-order valence-corrected chi connectivity index (χ1v) is 11.7. The van der Waals surface area contributed by atoms with Crippen molar-refractivity contribution in [2.45, 2.75) is 46.7 Å². The Hall–Kier alpha value is -0.803. The van der Waals surface area contributed by atoms with Crippen LogP contribution in [0.2, 0.25) is 13.1 Å². The van der Waals surface area contributed by atoms with E-state index in [1.807, 2.05) is 11.8 Å². The van der Waals surface area contributed by atoms with Crippen molar-refractivity contribution in [2.24, 2.45) is 5.92 Å². The Morgan fingerprint density at radius 3 is 2.38 bits per heavy atom. The topological polar surface area (TPSA) is 17.1 Å². The Balaban J connectivity index is 2.84. The maximum Gasteiger partial charge on any atom is 0.129 e. The molecule has 1 nitrogen and oxygen atoms in total. The highest BCUT2D eigenvalue weighted by atomic mass is 32.2. The summed E-state index contributed by atoms with van der Waals surface area (Å²) >= 11 is 1.96. The van der Waals surface area contributed by atoms with Crippen molar-refractivity contribution in [3.63, 3.8) is 0 Å².